The van der Waals surface area contributed by atoms with Gasteiger partial charge in [-0.2, -0.15) is 17.6 Å². The molecule has 0 spiro atoms. The number of rotatable bonds is 6. The summed E-state index contributed by atoms with van der Waals surface area (Å²) >= 11 is 0. The Bertz CT molecular complexity index is 555. The summed E-state index contributed by atoms with van der Waals surface area (Å²) in [5.41, 5.74) is 0.587. The predicted molar refractivity (Wildman–Crippen MR) is 97.0 cm³/mol. The van der Waals surface area contributed by atoms with Crippen LogP contribution in [0.2, 0.25) is 0 Å². The van der Waals surface area contributed by atoms with Crippen LogP contribution in [-0.4, -0.2) is 43.6 Å². The molecular formula is C17H24Cl2F4N2O. The Hall–Kier alpha value is -0.760. The molecule has 2 aliphatic rings. The van der Waals surface area contributed by atoms with E-state index in [-0.39, 0.29) is 36.6 Å². The minimum Gasteiger partial charge on any atom is -0.428 e. The minimum absolute atomic E-state index is 0. The van der Waals surface area contributed by atoms with E-state index >= 15 is 0 Å². The number of halogens is 6. The molecule has 1 atom stereocenters. The topological polar surface area (TPSA) is 24.5 Å². The molecule has 1 heterocycles. The molecule has 1 aliphatic heterocycles. The van der Waals surface area contributed by atoms with Crippen molar-refractivity contribution >= 4 is 24.8 Å². The summed E-state index contributed by atoms with van der Waals surface area (Å²) in [5, 5.41) is 3.27. The van der Waals surface area contributed by atoms with Crippen LogP contribution in [0.15, 0.2) is 24.3 Å². The quantitative estimate of drug-likeness (QED) is 0.687. The molecule has 1 N–H and O–H groups in total. The van der Waals surface area contributed by atoms with Gasteiger partial charge in [-0.15, -0.1) is 24.8 Å². The van der Waals surface area contributed by atoms with E-state index in [0.717, 1.165) is 45.4 Å². The Morgan fingerprint density at radius 1 is 1.08 bits per heavy atom. The highest BCUT2D eigenvalue weighted by molar-refractivity contribution is 5.85. The molecule has 150 valence electrons. The second kappa shape index (κ2) is 9.97. The van der Waals surface area contributed by atoms with Gasteiger partial charge in [-0.3, -0.25) is 4.90 Å². The molecular weight excluding hydrogens is 395 g/mol. The average molecular weight is 419 g/mol. The first-order chi connectivity index (χ1) is 11.5. The molecule has 3 nitrogen and oxygen atoms in total. The highest BCUT2D eigenvalue weighted by Crippen LogP contribution is 2.45. The Morgan fingerprint density at radius 2 is 1.69 bits per heavy atom. The maximum Gasteiger partial charge on any atom is 0.461 e. The molecule has 0 bridgehead atoms. The molecule has 26 heavy (non-hydrogen) atoms. The molecule has 2 fully saturated rings. The molecule has 1 aromatic rings. The second-order valence-corrected chi connectivity index (χ2v) is 6.42. The predicted octanol–water partition coefficient (Wildman–Crippen LogP) is 4.51. The highest BCUT2D eigenvalue weighted by atomic mass is 35.5. The third-order valence-corrected chi connectivity index (χ3v) is 4.88. The van der Waals surface area contributed by atoms with Gasteiger partial charge in [-0.05, 0) is 24.8 Å². The molecule has 0 unspecified atom stereocenters. The van der Waals surface area contributed by atoms with E-state index in [1.165, 1.54) is 12.1 Å². The Morgan fingerprint density at radius 3 is 2.23 bits per heavy atom. The number of nitrogens with one attached hydrogen (secondary N) is 1. The maximum atomic E-state index is 13.4. The Kier molecular flexibility index (Phi) is 8.93. The van der Waals surface area contributed by atoms with Crippen LogP contribution in [0.25, 0.3) is 0 Å². The largest absolute Gasteiger partial charge is 0.461 e. The molecule has 9 heteroatoms. The van der Waals surface area contributed by atoms with Gasteiger partial charge in [0, 0.05) is 37.8 Å². The van der Waals surface area contributed by atoms with E-state index < -0.39 is 12.5 Å². The number of hydrogen-bond acceptors (Lipinski definition) is 3. The number of nitrogens with zero attached hydrogens (tertiary/aromatic N) is 1. The van der Waals surface area contributed by atoms with Crippen LogP contribution >= 0.6 is 24.8 Å². The summed E-state index contributed by atoms with van der Waals surface area (Å²) in [6.45, 7) is 3.28. The van der Waals surface area contributed by atoms with E-state index in [1.54, 1.807) is 12.1 Å². The van der Waals surface area contributed by atoms with E-state index in [0.29, 0.717) is 11.5 Å². The first-order valence-electron chi connectivity index (χ1n) is 8.37. The Balaban J connectivity index is 0.00000169. The molecule has 0 amide bonds. The monoisotopic (exact) mass is 418 g/mol. The molecule has 1 saturated carbocycles. The lowest BCUT2D eigenvalue weighted by Crippen LogP contribution is -2.48. The van der Waals surface area contributed by atoms with Gasteiger partial charge in [0.2, 0.25) is 0 Å². The Labute approximate surface area is 163 Å². The van der Waals surface area contributed by atoms with Gasteiger partial charge >= 0.3 is 12.5 Å². The number of para-hydroxylation sites is 1. The molecule has 1 saturated heterocycles. The van der Waals surface area contributed by atoms with Crippen molar-refractivity contribution in [2.45, 2.75) is 37.8 Å². The van der Waals surface area contributed by atoms with Crippen molar-refractivity contribution in [1.82, 2.24) is 10.2 Å². The van der Waals surface area contributed by atoms with Crippen LogP contribution in [0.3, 0.4) is 0 Å². The van der Waals surface area contributed by atoms with E-state index in [9.17, 15) is 17.6 Å². The molecule has 0 radical (unpaired) electrons. The number of benzene rings is 1. The zero-order valence-electron chi connectivity index (χ0n) is 14.2. The summed E-state index contributed by atoms with van der Waals surface area (Å²) in [6.07, 6.45) is -5.18. The van der Waals surface area contributed by atoms with E-state index in [4.69, 9.17) is 0 Å². The van der Waals surface area contributed by atoms with Crippen molar-refractivity contribution in [3.05, 3.63) is 29.8 Å². The fourth-order valence-electron chi connectivity index (χ4n) is 3.47. The second-order valence-electron chi connectivity index (χ2n) is 6.42. The van der Waals surface area contributed by atoms with Gasteiger partial charge in [-0.1, -0.05) is 24.6 Å². The fraction of sp³-hybridized carbons (Fsp3) is 0.647. The fourth-order valence-corrected chi connectivity index (χ4v) is 3.47. The molecule has 1 aliphatic carbocycles. The number of alkyl halides is 4. The summed E-state index contributed by atoms with van der Waals surface area (Å²) < 4.78 is 56.4. The van der Waals surface area contributed by atoms with Crippen LogP contribution in [0, 0.1) is 5.92 Å². The van der Waals surface area contributed by atoms with Crippen molar-refractivity contribution in [2.75, 3.05) is 26.2 Å². The smallest absolute Gasteiger partial charge is 0.428 e. The van der Waals surface area contributed by atoms with Crippen molar-refractivity contribution in [2.24, 2.45) is 5.92 Å². The summed E-state index contributed by atoms with van der Waals surface area (Å²) in [7, 11) is 0. The number of piperazine rings is 1. The number of hydrogen-bond donors (Lipinski definition) is 1. The van der Waals surface area contributed by atoms with Crippen LogP contribution in [0.1, 0.15) is 30.9 Å². The SMILES string of the molecule is Cl.Cl.FC(F)C(F)(F)Oc1ccccc1[C@H](C1CCC1)N1CCNCC1. The maximum absolute atomic E-state index is 13.4. The first-order valence-corrected chi connectivity index (χ1v) is 8.37. The lowest BCUT2D eigenvalue weighted by atomic mass is 9.76. The average Bonchev–Trinajstić information content (AvgIpc) is 2.52. The van der Waals surface area contributed by atoms with E-state index in [2.05, 4.69) is 15.0 Å². The highest BCUT2D eigenvalue weighted by Gasteiger charge is 2.45. The zero-order valence-corrected chi connectivity index (χ0v) is 15.8. The van der Waals surface area contributed by atoms with Gasteiger partial charge in [0.15, 0.2) is 0 Å². The summed E-state index contributed by atoms with van der Waals surface area (Å²) in [5.74, 6) is 0.214. The van der Waals surface area contributed by atoms with Crippen molar-refractivity contribution in [3.63, 3.8) is 0 Å². The standard InChI is InChI=1S/C17H22F4N2O.2ClH/c18-16(19)17(20,21)24-14-7-2-1-6-13(14)15(12-4-3-5-12)23-10-8-22-9-11-23;;/h1-2,6-7,12,15-16,22H,3-5,8-11H2;2*1H/t15-;;/m0../s1. The molecule has 3 rings (SSSR count). The van der Waals surface area contributed by atoms with Gasteiger partial charge in [0.05, 0.1) is 0 Å². The lowest BCUT2D eigenvalue weighted by molar-refractivity contribution is -0.253. The van der Waals surface area contributed by atoms with Crippen LogP contribution in [0.4, 0.5) is 17.6 Å². The summed E-state index contributed by atoms with van der Waals surface area (Å²) in [4.78, 5) is 2.25. The van der Waals surface area contributed by atoms with Crippen LogP contribution in [0.5, 0.6) is 5.75 Å². The van der Waals surface area contributed by atoms with Gasteiger partial charge in [0.25, 0.3) is 0 Å². The third kappa shape index (κ3) is 5.15. The van der Waals surface area contributed by atoms with Crippen molar-refractivity contribution < 1.29 is 22.3 Å². The minimum atomic E-state index is -4.48. The molecule has 0 aromatic heterocycles. The molecule has 1 aromatic carbocycles. The van der Waals surface area contributed by atoms with Crippen LogP contribution in [-0.2, 0) is 0 Å². The number of ether oxygens (including phenoxy) is 1. The van der Waals surface area contributed by atoms with Gasteiger partial charge in [0.1, 0.15) is 5.75 Å². The third-order valence-electron chi connectivity index (χ3n) is 4.88. The van der Waals surface area contributed by atoms with Crippen LogP contribution < -0.4 is 10.1 Å². The van der Waals surface area contributed by atoms with E-state index in [1.807, 2.05) is 0 Å². The van der Waals surface area contributed by atoms with Gasteiger partial charge < -0.3 is 10.1 Å². The normalized spacial score (nSPS) is 19.9. The first kappa shape index (κ1) is 23.3. The van der Waals surface area contributed by atoms with Crippen molar-refractivity contribution in [3.8, 4) is 5.75 Å². The summed E-state index contributed by atoms with van der Waals surface area (Å²) in [6, 6.07) is 6.30. The lowest BCUT2D eigenvalue weighted by Gasteiger charge is -2.43. The zero-order chi connectivity index (χ0) is 17.2. The van der Waals surface area contributed by atoms with Crippen molar-refractivity contribution in [1.29, 1.82) is 0 Å². The van der Waals surface area contributed by atoms with Gasteiger partial charge in [-0.25, -0.2) is 0 Å².